The van der Waals surface area contributed by atoms with Crippen LogP contribution in [0.15, 0.2) is 18.2 Å². The molecule has 2 bridgehead atoms. The van der Waals surface area contributed by atoms with Gasteiger partial charge in [-0.1, -0.05) is 0 Å². The van der Waals surface area contributed by atoms with Crippen molar-refractivity contribution >= 4 is 27.5 Å². The minimum atomic E-state index is 0.0759. The SMILES string of the molecule is COc1ccc2c(C(=O)N3C[C@@H]4CC3CN4C)nsc2c1. The third-order valence-corrected chi connectivity index (χ3v) is 5.47. The lowest BCUT2D eigenvalue weighted by Gasteiger charge is -2.31. The summed E-state index contributed by atoms with van der Waals surface area (Å²) in [6.07, 6.45) is 1.10. The molecule has 6 heteroatoms. The average molecular weight is 303 g/mol. The zero-order valence-electron chi connectivity index (χ0n) is 12.1. The average Bonchev–Trinajstić information content (AvgIpc) is 3.18. The fourth-order valence-corrected chi connectivity index (χ4v) is 4.25. The maximum Gasteiger partial charge on any atom is 0.274 e. The first kappa shape index (κ1) is 13.0. The largest absolute Gasteiger partial charge is 0.497 e. The van der Waals surface area contributed by atoms with E-state index < -0.39 is 0 Å². The van der Waals surface area contributed by atoms with Crippen LogP contribution in [0.2, 0.25) is 0 Å². The first-order valence-corrected chi connectivity index (χ1v) is 7.89. The second-order valence-electron chi connectivity index (χ2n) is 5.83. The van der Waals surface area contributed by atoms with E-state index in [4.69, 9.17) is 4.74 Å². The number of rotatable bonds is 2. The molecule has 2 fully saturated rings. The van der Waals surface area contributed by atoms with Crippen LogP contribution in [0.1, 0.15) is 16.9 Å². The van der Waals surface area contributed by atoms with Gasteiger partial charge in [0.05, 0.1) is 11.8 Å². The monoisotopic (exact) mass is 303 g/mol. The first-order chi connectivity index (χ1) is 10.2. The molecular formula is C15H17N3O2S. The van der Waals surface area contributed by atoms with Gasteiger partial charge < -0.3 is 9.64 Å². The Hall–Kier alpha value is -1.66. The standard InChI is InChI=1S/C15H17N3O2S/c1-17-7-10-5-9(17)8-18(10)15(19)14-12-4-3-11(20-2)6-13(12)21-16-14/h3-4,6,9-10H,5,7-8H2,1-2H3/t9-,10?/m0/s1. The van der Waals surface area contributed by atoms with Gasteiger partial charge >= 0.3 is 0 Å². The molecule has 2 aliphatic heterocycles. The van der Waals surface area contributed by atoms with E-state index in [2.05, 4.69) is 16.3 Å². The number of fused-ring (bicyclic) bond motifs is 3. The molecule has 2 aliphatic rings. The van der Waals surface area contributed by atoms with Crippen LogP contribution in [-0.2, 0) is 0 Å². The van der Waals surface area contributed by atoms with Gasteiger partial charge in [-0.25, -0.2) is 0 Å². The fourth-order valence-electron chi connectivity index (χ4n) is 3.45. The van der Waals surface area contributed by atoms with Gasteiger partial charge in [0.25, 0.3) is 5.91 Å². The molecule has 0 spiro atoms. The van der Waals surface area contributed by atoms with Crippen molar-refractivity contribution in [3.05, 3.63) is 23.9 Å². The number of carbonyl (C=O) groups is 1. The number of piperazine rings is 1. The van der Waals surface area contributed by atoms with E-state index in [-0.39, 0.29) is 5.91 Å². The second kappa shape index (κ2) is 4.68. The summed E-state index contributed by atoms with van der Waals surface area (Å²) in [7, 11) is 3.78. The van der Waals surface area contributed by atoms with Crippen LogP contribution >= 0.6 is 11.5 Å². The maximum absolute atomic E-state index is 12.8. The zero-order valence-corrected chi connectivity index (χ0v) is 12.9. The summed E-state index contributed by atoms with van der Waals surface area (Å²) in [5.74, 6) is 0.874. The number of methoxy groups -OCH3 is 1. The van der Waals surface area contributed by atoms with Crippen molar-refractivity contribution in [2.75, 3.05) is 27.2 Å². The van der Waals surface area contributed by atoms with Crippen LogP contribution < -0.4 is 4.74 Å². The lowest BCUT2D eigenvalue weighted by atomic mass is 10.2. The zero-order chi connectivity index (χ0) is 14.6. The molecule has 1 amide bonds. The van der Waals surface area contributed by atoms with Crippen LogP contribution in [0, 0.1) is 0 Å². The Balaban J connectivity index is 1.66. The number of aromatic nitrogens is 1. The van der Waals surface area contributed by atoms with Crippen molar-refractivity contribution < 1.29 is 9.53 Å². The van der Waals surface area contributed by atoms with E-state index in [0.717, 1.165) is 35.3 Å². The highest BCUT2D eigenvalue weighted by Crippen LogP contribution is 2.33. The van der Waals surface area contributed by atoms with Crippen molar-refractivity contribution in [1.82, 2.24) is 14.2 Å². The highest BCUT2D eigenvalue weighted by Gasteiger charge is 2.44. The number of ether oxygens (including phenoxy) is 1. The summed E-state index contributed by atoms with van der Waals surface area (Å²) in [6.45, 7) is 1.81. The predicted molar refractivity (Wildman–Crippen MR) is 82.0 cm³/mol. The van der Waals surface area contributed by atoms with Gasteiger partial charge in [-0.3, -0.25) is 9.69 Å². The molecule has 4 rings (SSSR count). The van der Waals surface area contributed by atoms with Gasteiger partial charge in [0.15, 0.2) is 0 Å². The number of likely N-dealkylation sites (tertiary alicyclic amines) is 2. The Kier molecular flexibility index (Phi) is 2.90. The van der Waals surface area contributed by atoms with E-state index in [1.54, 1.807) is 7.11 Å². The molecule has 0 N–H and O–H groups in total. The summed E-state index contributed by atoms with van der Waals surface area (Å²) in [6, 6.07) is 6.63. The Morgan fingerprint density at radius 1 is 1.38 bits per heavy atom. The smallest absolute Gasteiger partial charge is 0.274 e. The minimum absolute atomic E-state index is 0.0759. The van der Waals surface area contributed by atoms with Crippen molar-refractivity contribution in [3.63, 3.8) is 0 Å². The molecule has 3 heterocycles. The molecule has 1 unspecified atom stereocenters. The number of carbonyl (C=O) groups excluding carboxylic acids is 1. The van der Waals surface area contributed by atoms with Gasteiger partial charge in [-0.05, 0) is 43.2 Å². The van der Waals surface area contributed by atoms with Crippen molar-refractivity contribution in [3.8, 4) is 5.75 Å². The lowest BCUT2D eigenvalue weighted by molar-refractivity contribution is 0.0648. The predicted octanol–water partition coefficient (Wildman–Crippen LogP) is 1.83. The van der Waals surface area contributed by atoms with Crippen LogP contribution in [0.4, 0.5) is 0 Å². The normalized spacial score (nSPS) is 25.0. The van der Waals surface area contributed by atoms with Gasteiger partial charge in [0.2, 0.25) is 0 Å². The van der Waals surface area contributed by atoms with E-state index in [1.165, 1.54) is 11.5 Å². The summed E-state index contributed by atoms with van der Waals surface area (Å²) < 4.78 is 10.6. The summed E-state index contributed by atoms with van der Waals surface area (Å²) >= 11 is 1.36. The number of nitrogens with zero attached hydrogens (tertiary/aromatic N) is 3. The summed E-state index contributed by atoms with van der Waals surface area (Å²) in [5.41, 5.74) is 0.591. The maximum atomic E-state index is 12.8. The molecule has 2 saturated heterocycles. The van der Waals surface area contributed by atoms with E-state index in [9.17, 15) is 4.79 Å². The van der Waals surface area contributed by atoms with Crippen molar-refractivity contribution in [2.24, 2.45) is 0 Å². The van der Waals surface area contributed by atoms with E-state index >= 15 is 0 Å². The molecule has 2 aromatic rings. The van der Waals surface area contributed by atoms with Gasteiger partial charge in [-0.2, -0.15) is 4.37 Å². The number of likely N-dealkylation sites (N-methyl/N-ethyl adjacent to an activating group) is 1. The van der Waals surface area contributed by atoms with Crippen LogP contribution in [0.3, 0.4) is 0 Å². The summed E-state index contributed by atoms with van der Waals surface area (Å²) in [5, 5.41) is 0.932. The van der Waals surface area contributed by atoms with Crippen LogP contribution in [-0.4, -0.2) is 59.4 Å². The first-order valence-electron chi connectivity index (χ1n) is 7.12. The Morgan fingerprint density at radius 2 is 2.24 bits per heavy atom. The van der Waals surface area contributed by atoms with Gasteiger partial charge in [0, 0.05) is 30.6 Å². The Labute approximate surface area is 127 Å². The minimum Gasteiger partial charge on any atom is -0.497 e. The molecule has 110 valence electrons. The highest BCUT2D eigenvalue weighted by atomic mass is 32.1. The van der Waals surface area contributed by atoms with E-state index in [1.807, 2.05) is 23.1 Å². The van der Waals surface area contributed by atoms with E-state index in [0.29, 0.717) is 17.8 Å². The number of hydrogen-bond donors (Lipinski definition) is 0. The third kappa shape index (κ3) is 1.93. The third-order valence-electron chi connectivity index (χ3n) is 4.66. The fraction of sp³-hybridized carbons (Fsp3) is 0.467. The van der Waals surface area contributed by atoms with Crippen LogP contribution in [0.5, 0.6) is 5.75 Å². The molecule has 1 aromatic heterocycles. The molecular weight excluding hydrogens is 286 g/mol. The van der Waals surface area contributed by atoms with Gasteiger partial charge in [0.1, 0.15) is 11.4 Å². The van der Waals surface area contributed by atoms with Crippen molar-refractivity contribution in [1.29, 1.82) is 0 Å². The second-order valence-corrected chi connectivity index (χ2v) is 6.64. The molecule has 0 saturated carbocycles. The lowest BCUT2D eigenvalue weighted by Crippen LogP contribution is -2.47. The Bertz CT molecular complexity index is 712. The molecule has 1 aromatic carbocycles. The van der Waals surface area contributed by atoms with Crippen molar-refractivity contribution in [2.45, 2.75) is 18.5 Å². The molecule has 5 nitrogen and oxygen atoms in total. The number of amides is 1. The summed E-state index contributed by atoms with van der Waals surface area (Å²) in [4.78, 5) is 17.1. The molecule has 21 heavy (non-hydrogen) atoms. The molecule has 2 atom stereocenters. The number of hydrogen-bond acceptors (Lipinski definition) is 5. The van der Waals surface area contributed by atoms with Crippen LogP contribution in [0.25, 0.3) is 10.1 Å². The highest BCUT2D eigenvalue weighted by molar-refractivity contribution is 7.13. The number of benzene rings is 1. The van der Waals surface area contributed by atoms with Gasteiger partial charge in [-0.15, -0.1) is 0 Å². The quantitative estimate of drug-likeness (QED) is 0.849. The Morgan fingerprint density at radius 3 is 2.90 bits per heavy atom. The molecule has 0 aliphatic carbocycles. The molecule has 0 radical (unpaired) electrons. The topological polar surface area (TPSA) is 45.7 Å².